The van der Waals surface area contributed by atoms with E-state index in [0.29, 0.717) is 0 Å². The monoisotopic (exact) mass is 499 g/mol. The summed E-state index contributed by atoms with van der Waals surface area (Å²) in [6, 6.07) is 26.1. The van der Waals surface area contributed by atoms with Gasteiger partial charge in [0.1, 0.15) is 17.7 Å². The summed E-state index contributed by atoms with van der Waals surface area (Å²) in [5, 5.41) is 18.4. The molecule has 182 valence electrons. The van der Waals surface area contributed by atoms with Gasteiger partial charge in [-0.15, -0.1) is 11.3 Å². The average molecular weight is 500 g/mol. The van der Waals surface area contributed by atoms with Crippen LogP contribution in [0.1, 0.15) is 52.1 Å². The van der Waals surface area contributed by atoms with Crippen LogP contribution in [-0.2, 0) is 5.41 Å². The van der Waals surface area contributed by atoms with Crippen LogP contribution in [0.15, 0.2) is 66.2 Å². The number of rotatable bonds is 4. The van der Waals surface area contributed by atoms with E-state index in [4.69, 9.17) is 0 Å². The van der Waals surface area contributed by atoms with Crippen molar-refractivity contribution in [1.82, 2.24) is 0 Å². The minimum absolute atomic E-state index is 0.130. The summed E-state index contributed by atoms with van der Waals surface area (Å²) in [4.78, 5) is 4.51. The van der Waals surface area contributed by atoms with Gasteiger partial charge in [0.2, 0.25) is 0 Å². The van der Waals surface area contributed by atoms with E-state index in [-0.39, 0.29) is 11.0 Å². The van der Waals surface area contributed by atoms with Crippen LogP contribution in [-0.4, -0.2) is 0 Å². The van der Waals surface area contributed by atoms with Gasteiger partial charge in [0.05, 0.1) is 0 Å². The fourth-order valence-corrected chi connectivity index (χ4v) is 6.49. The lowest BCUT2D eigenvalue weighted by Crippen LogP contribution is -2.16. The van der Waals surface area contributed by atoms with Crippen LogP contribution in [0.5, 0.6) is 0 Å². The van der Waals surface area contributed by atoms with Crippen molar-refractivity contribution in [2.24, 2.45) is 0 Å². The first-order valence-electron chi connectivity index (χ1n) is 12.4. The molecule has 0 spiro atoms. The second-order valence-electron chi connectivity index (χ2n) is 10.4. The first kappa shape index (κ1) is 24.6. The van der Waals surface area contributed by atoms with Gasteiger partial charge in [0, 0.05) is 32.2 Å². The van der Waals surface area contributed by atoms with Gasteiger partial charge >= 0.3 is 0 Å². The molecule has 4 aromatic rings. The quantitative estimate of drug-likeness (QED) is 0.263. The van der Waals surface area contributed by atoms with E-state index in [1.807, 2.05) is 12.1 Å². The lowest BCUT2D eigenvalue weighted by molar-refractivity contribution is 0.662. The Morgan fingerprint density at radius 3 is 2.03 bits per heavy atom. The molecule has 1 aromatic heterocycles. The maximum absolute atomic E-state index is 9.19. The Hall–Kier alpha value is -4.12. The highest BCUT2D eigenvalue weighted by molar-refractivity contribution is 7.16. The highest BCUT2D eigenvalue weighted by Gasteiger charge is 2.38. The Kier molecular flexibility index (Phi) is 6.03. The Morgan fingerprint density at radius 1 is 0.784 bits per heavy atom. The van der Waals surface area contributed by atoms with Crippen LogP contribution < -0.4 is 4.90 Å². The van der Waals surface area contributed by atoms with E-state index in [0.717, 1.165) is 21.9 Å². The predicted octanol–water partition coefficient (Wildman–Crippen LogP) is 9.19. The molecular formula is C33H29N3S. The number of benzene rings is 3. The number of nitriles is 2. The molecule has 0 radical (unpaired) electrons. The lowest BCUT2D eigenvalue weighted by Gasteiger charge is -2.29. The summed E-state index contributed by atoms with van der Waals surface area (Å²) in [5.41, 5.74) is 12.2. The molecule has 5 rings (SSSR count). The fraction of sp³-hybridized carbons (Fsp3) is 0.212. The largest absolute Gasteiger partial charge is 0.310 e. The molecule has 1 aliphatic rings. The summed E-state index contributed by atoms with van der Waals surface area (Å²) in [7, 11) is 0. The number of fused-ring (bicyclic) bond motifs is 3. The zero-order valence-electron chi connectivity index (χ0n) is 22.1. The smallest absolute Gasteiger partial charge is 0.131 e. The summed E-state index contributed by atoms with van der Waals surface area (Å²) in [6.07, 6.45) is 1.69. The van der Waals surface area contributed by atoms with Crippen LogP contribution in [0.4, 0.5) is 17.1 Å². The van der Waals surface area contributed by atoms with Gasteiger partial charge in [-0.2, -0.15) is 10.5 Å². The molecule has 0 saturated carbocycles. The number of allylic oxidation sites excluding steroid dienone is 1. The minimum atomic E-state index is -0.194. The third-order valence-electron chi connectivity index (χ3n) is 7.59. The average Bonchev–Trinajstić information content (AvgIpc) is 3.39. The fourth-order valence-electron chi connectivity index (χ4n) is 5.19. The number of thiophene rings is 1. The van der Waals surface area contributed by atoms with Crippen LogP contribution in [0.25, 0.3) is 16.5 Å². The van der Waals surface area contributed by atoms with Crippen LogP contribution in [0.2, 0.25) is 0 Å². The predicted molar refractivity (Wildman–Crippen MR) is 155 cm³/mol. The highest BCUT2D eigenvalue weighted by Crippen LogP contribution is 2.54. The molecule has 1 aliphatic carbocycles. The molecule has 1 heterocycles. The maximum atomic E-state index is 9.19. The standard InChI is InChI=1S/C33H29N3S/c1-20-7-9-25(10-8-20)36(27-13-21(2)23(4)22(3)14-27)26-11-12-29-30(16-26)33(5,6)31-17-28(37-32(29)31)15-24(18-34)19-35/h7-17H,1-6H3. The Balaban J connectivity index is 1.66. The van der Waals surface area contributed by atoms with Crippen molar-refractivity contribution in [2.45, 2.75) is 47.0 Å². The van der Waals surface area contributed by atoms with E-state index in [9.17, 15) is 10.5 Å². The normalized spacial score (nSPS) is 12.8. The third kappa shape index (κ3) is 4.14. The molecule has 0 aliphatic heterocycles. The second kappa shape index (κ2) is 9.07. The van der Waals surface area contributed by atoms with Gasteiger partial charge < -0.3 is 4.90 Å². The van der Waals surface area contributed by atoms with E-state index in [2.05, 4.69) is 107 Å². The van der Waals surface area contributed by atoms with Crippen molar-refractivity contribution in [3.05, 3.63) is 104 Å². The highest BCUT2D eigenvalue weighted by atomic mass is 32.1. The van der Waals surface area contributed by atoms with Gasteiger partial charge in [-0.1, -0.05) is 37.6 Å². The summed E-state index contributed by atoms with van der Waals surface area (Å²) in [6.45, 7) is 13.2. The molecule has 0 N–H and O–H groups in total. The number of hydrogen-bond donors (Lipinski definition) is 0. The van der Waals surface area contributed by atoms with E-state index < -0.39 is 0 Å². The Bertz CT molecular complexity index is 1610. The van der Waals surface area contributed by atoms with Gasteiger partial charge in [-0.3, -0.25) is 0 Å². The molecule has 0 saturated heterocycles. The number of nitrogens with zero attached hydrogens (tertiary/aromatic N) is 3. The molecule has 0 fully saturated rings. The van der Waals surface area contributed by atoms with Crippen LogP contribution in [0.3, 0.4) is 0 Å². The van der Waals surface area contributed by atoms with E-state index in [1.54, 1.807) is 17.4 Å². The topological polar surface area (TPSA) is 50.8 Å². The number of hydrogen-bond acceptors (Lipinski definition) is 4. The summed E-state index contributed by atoms with van der Waals surface area (Å²) in [5.74, 6) is 0. The van der Waals surface area contributed by atoms with Crippen molar-refractivity contribution in [3.8, 4) is 22.6 Å². The first-order chi connectivity index (χ1) is 17.6. The van der Waals surface area contributed by atoms with E-state index >= 15 is 0 Å². The molecule has 0 bridgehead atoms. The van der Waals surface area contributed by atoms with E-state index in [1.165, 1.54) is 43.8 Å². The molecule has 4 heteroatoms. The molecule has 3 nitrogen and oxygen atoms in total. The van der Waals surface area contributed by atoms with Crippen LogP contribution in [0, 0.1) is 50.4 Å². The molecule has 3 aromatic carbocycles. The number of aryl methyl sites for hydroxylation is 3. The van der Waals surface area contributed by atoms with Crippen LogP contribution >= 0.6 is 11.3 Å². The van der Waals surface area contributed by atoms with Crippen molar-refractivity contribution in [1.29, 1.82) is 10.5 Å². The summed E-state index contributed by atoms with van der Waals surface area (Å²) < 4.78 is 0. The van der Waals surface area contributed by atoms with Crippen molar-refractivity contribution in [3.63, 3.8) is 0 Å². The molecule has 0 atom stereocenters. The molecule has 0 unspecified atom stereocenters. The van der Waals surface area contributed by atoms with Crippen molar-refractivity contribution >= 4 is 34.5 Å². The molecule has 37 heavy (non-hydrogen) atoms. The van der Waals surface area contributed by atoms with Crippen molar-refractivity contribution < 1.29 is 0 Å². The molecular weight excluding hydrogens is 470 g/mol. The van der Waals surface area contributed by atoms with Crippen molar-refractivity contribution in [2.75, 3.05) is 4.90 Å². The lowest BCUT2D eigenvalue weighted by atomic mass is 9.82. The minimum Gasteiger partial charge on any atom is -0.310 e. The number of anilines is 3. The third-order valence-corrected chi connectivity index (χ3v) is 8.71. The summed E-state index contributed by atoms with van der Waals surface area (Å²) >= 11 is 1.65. The van der Waals surface area contributed by atoms with Gasteiger partial charge in [-0.05, 0) is 110 Å². The zero-order valence-corrected chi connectivity index (χ0v) is 22.9. The second-order valence-corrected chi connectivity index (χ2v) is 11.5. The van der Waals surface area contributed by atoms with Gasteiger partial charge in [0.25, 0.3) is 0 Å². The van der Waals surface area contributed by atoms with Gasteiger partial charge in [-0.25, -0.2) is 0 Å². The first-order valence-corrected chi connectivity index (χ1v) is 13.2. The molecule has 0 amide bonds. The van der Waals surface area contributed by atoms with Gasteiger partial charge in [0.15, 0.2) is 0 Å². The SMILES string of the molecule is Cc1ccc(N(c2cc(C)c(C)c(C)c2)c2ccc3c(c2)C(C)(C)c2cc(C=C(C#N)C#N)sc2-3)cc1. The maximum Gasteiger partial charge on any atom is 0.131 e. The Labute approximate surface area is 223 Å². The Morgan fingerprint density at radius 2 is 1.41 bits per heavy atom. The zero-order chi connectivity index (χ0) is 26.5.